The molecule has 0 unspecified atom stereocenters. The maximum atomic E-state index is 11.3. The lowest BCUT2D eigenvalue weighted by Gasteiger charge is -2.35. The first-order valence-corrected chi connectivity index (χ1v) is 9.18. The van der Waals surface area contributed by atoms with E-state index in [9.17, 15) is 4.79 Å². The molecular formula is C13H23NO4Si. The van der Waals surface area contributed by atoms with Crippen LogP contribution in [0.2, 0.25) is 18.1 Å². The Morgan fingerprint density at radius 3 is 2.42 bits per heavy atom. The van der Waals surface area contributed by atoms with Gasteiger partial charge in [-0.15, -0.1) is 0 Å². The molecule has 0 N–H and O–H groups in total. The molecule has 0 radical (unpaired) electrons. The lowest BCUT2D eigenvalue weighted by Crippen LogP contribution is -2.40. The molecule has 0 bridgehead atoms. The Hall–Kier alpha value is -1.14. The largest absolute Gasteiger partial charge is 0.462 e. The standard InChI is InChI=1S/C13H23NO4Si/c1-9-10(18-11(14-9)12(15)16-5)8-17-19(6,7)13(2,3)4/h8H2,1-7H3. The Balaban J connectivity index is 2.79. The number of esters is 1. The van der Waals surface area contributed by atoms with Crippen molar-refractivity contribution >= 4 is 14.3 Å². The van der Waals surface area contributed by atoms with Crippen LogP contribution >= 0.6 is 0 Å². The van der Waals surface area contributed by atoms with Crippen LogP contribution in [0, 0.1) is 6.92 Å². The van der Waals surface area contributed by atoms with Gasteiger partial charge in [-0.05, 0) is 25.1 Å². The molecule has 0 fully saturated rings. The van der Waals surface area contributed by atoms with Gasteiger partial charge in [0.15, 0.2) is 14.1 Å². The van der Waals surface area contributed by atoms with Gasteiger partial charge in [-0.2, -0.15) is 0 Å². The number of hydrogen-bond acceptors (Lipinski definition) is 5. The topological polar surface area (TPSA) is 61.6 Å². The van der Waals surface area contributed by atoms with Crippen LogP contribution in [0.4, 0.5) is 0 Å². The van der Waals surface area contributed by atoms with Crippen molar-refractivity contribution in [3.63, 3.8) is 0 Å². The minimum absolute atomic E-state index is 0.0196. The van der Waals surface area contributed by atoms with Gasteiger partial charge in [0.2, 0.25) is 0 Å². The lowest BCUT2D eigenvalue weighted by atomic mass is 10.2. The minimum atomic E-state index is -1.84. The van der Waals surface area contributed by atoms with Crippen LogP contribution in [0.25, 0.3) is 0 Å². The molecule has 0 atom stereocenters. The van der Waals surface area contributed by atoms with E-state index in [0.29, 0.717) is 18.1 Å². The van der Waals surface area contributed by atoms with E-state index < -0.39 is 14.3 Å². The number of carbonyl (C=O) groups is 1. The molecule has 1 aromatic heterocycles. The van der Waals surface area contributed by atoms with Crippen molar-refractivity contribution in [2.75, 3.05) is 7.11 Å². The first-order chi connectivity index (χ1) is 8.58. The summed E-state index contributed by atoms with van der Waals surface area (Å²) in [5.41, 5.74) is 0.666. The van der Waals surface area contributed by atoms with Crippen molar-refractivity contribution in [2.45, 2.75) is 52.4 Å². The summed E-state index contributed by atoms with van der Waals surface area (Å²) < 4.78 is 16.0. The molecular weight excluding hydrogens is 262 g/mol. The van der Waals surface area contributed by atoms with Gasteiger partial charge < -0.3 is 13.6 Å². The molecule has 0 aromatic carbocycles. The van der Waals surface area contributed by atoms with E-state index in [1.54, 1.807) is 6.92 Å². The third-order valence-electron chi connectivity index (χ3n) is 3.62. The number of carbonyl (C=O) groups excluding carboxylic acids is 1. The van der Waals surface area contributed by atoms with Gasteiger partial charge in [-0.25, -0.2) is 9.78 Å². The molecule has 108 valence electrons. The molecule has 0 aliphatic rings. The van der Waals surface area contributed by atoms with Crippen molar-refractivity contribution in [3.8, 4) is 0 Å². The zero-order valence-corrected chi connectivity index (χ0v) is 13.8. The van der Waals surface area contributed by atoms with Crippen molar-refractivity contribution in [1.82, 2.24) is 4.98 Å². The first kappa shape index (κ1) is 15.9. The average molecular weight is 285 g/mol. The molecule has 19 heavy (non-hydrogen) atoms. The summed E-state index contributed by atoms with van der Waals surface area (Å²) in [6.07, 6.45) is 0. The Bertz CT molecular complexity index is 460. The number of ether oxygens (including phenoxy) is 1. The third kappa shape index (κ3) is 3.67. The Morgan fingerprint density at radius 2 is 1.95 bits per heavy atom. The van der Waals surface area contributed by atoms with Gasteiger partial charge in [0.1, 0.15) is 0 Å². The summed E-state index contributed by atoms with van der Waals surface area (Å²) in [6.45, 7) is 13.0. The second-order valence-corrected chi connectivity index (χ2v) is 10.9. The highest BCUT2D eigenvalue weighted by molar-refractivity contribution is 6.74. The summed E-state index contributed by atoms with van der Waals surface area (Å²) in [7, 11) is -0.542. The zero-order valence-electron chi connectivity index (χ0n) is 12.8. The predicted molar refractivity (Wildman–Crippen MR) is 74.6 cm³/mol. The maximum Gasteiger partial charge on any atom is 0.394 e. The van der Waals surface area contributed by atoms with Gasteiger partial charge in [-0.1, -0.05) is 20.8 Å². The van der Waals surface area contributed by atoms with Crippen LogP contribution in [0.15, 0.2) is 4.42 Å². The van der Waals surface area contributed by atoms with Crippen LogP contribution in [-0.2, 0) is 15.8 Å². The molecule has 1 rings (SSSR count). The molecule has 0 aliphatic heterocycles. The minimum Gasteiger partial charge on any atom is -0.462 e. The molecule has 1 heterocycles. The average Bonchev–Trinajstić information content (AvgIpc) is 2.65. The van der Waals surface area contributed by atoms with E-state index in [0.717, 1.165) is 0 Å². The fourth-order valence-corrected chi connectivity index (χ4v) is 2.12. The second kappa shape index (κ2) is 5.46. The van der Waals surface area contributed by atoms with Gasteiger partial charge in [0.25, 0.3) is 0 Å². The van der Waals surface area contributed by atoms with Crippen LogP contribution in [0.1, 0.15) is 42.9 Å². The first-order valence-electron chi connectivity index (χ1n) is 6.27. The third-order valence-corrected chi connectivity index (χ3v) is 8.10. The summed E-state index contributed by atoms with van der Waals surface area (Å²) in [5, 5.41) is 0.131. The normalized spacial score (nSPS) is 12.6. The lowest BCUT2D eigenvalue weighted by molar-refractivity contribution is 0.0551. The van der Waals surface area contributed by atoms with Crippen LogP contribution < -0.4 is 0 Å². The van der Waals surface area contributed by atoms with E-state index in [1.807, 2.05) is 0 Å². The highest BCUT2D eigenvalue weighted by Crippen LogP contribution is 2.37. The number of nitrogens with zero attached hydrogens (tertiary/aromatic N) is 1. The molecule has 0 saturated carbocycles. The van der Waals surface area contributed by atoms with E-state index in [2.05, 4.69) is 43.6 Å². The number of methoxy groups -OCH3 is 1. The zero-order chi connectivity index (χ0) is 14.8. The monoisotopic (exact) mass is 285 g/mol. The molecule has 0 amide bonds. The molecule has 6 heteroatoms. The smallest absolute Gasteiger partial charge is 0.394 e. The van der Waals surface area contributed by atoms with Gasteiger partial charge in [0, 0.05) is 0 Å². The number of oxazole rings is 1. The van der Waals surface area contributed by atoms with Gasteiger partial charge >= 0.3 is 11.9 Å². The van der Waals surface area contributed by atoms with Crippen LogP contribution in [0.3, 0.4) is 0 Å². The summed E-state index contributed by atoms with van der Waals surface area (Å²) in [5.74, 6) is 0.000679. The Labute approximate surface area is 115 Å². The van der Waals surface area contributed by atoms with E-state index in [1.165, 1.54) is 7.11 Å². The van der Waals surface area contributed by atoms with E-state index in [4.69, 9.17) is 8.84 Å². The maximum absolute atomic E-state index is 11.3. The number of hydrogen-bond donors (Lipinski definition) is 0. The SMILES string of the molecule is COC(=O)c1nc(C)c(CO[Si](C)(C)C(C)(C)C)o1. The second-order valence-electron chi connectivity index (χ2n) is 6.07. The molecule has 0 aliphatic carbocycles. The summed E-state index contributed by atoms with van der Waals surface area (Å²) in [6, 6.07) is 0. The van der Waals surface area contributed by atoms with Crippen molar-refractivity contribution in [1.29, 1.82) is 0 Å². The Kier molecular flexibility index (Phi) is 4.57. The van der Waals surface area contributed by atoms with Crippen LogP contribution in [-0.4, -0.2) is 26.4 Å². The Morgan fingerprint density at radius 1 is 1.37 bits per heavy atom. The fraction of sp³-hybridized carbons (Fsp3) is 0.692. The van der Waals surface area contributed by atoms with E-state index >= 15 is 0 Å². The molecule has 0 saturated heterocycles. The van der Waals surface area contributed by atoms with Crippen molar-refractivity contribution in [2.24, 2.45) is 0 Å². The van der Waals surface area contributed by atoms with Gasteiger partial charge in [-0.3, -0.25) is 0 Å². The quantitative estimate of drug-likeness (QED) is 0.627. The van der Waals surface area contributed by atoms with E-state index in [-0.39, 0.29) is 10.9 Å². The molecule has 0 spiro atoms. The van der Waals surface area contributed by atoms with Crippen LogP contribution in [0.5, 0.6) is 0 Å². The van der Waals surface area contributed by atoms with Crippen molar-refractivity contribution in [3.05, 3.63) is 17.3 Å². The predicted octanol–water partition coefficient (Wildman–Crippen LogP) is 3.29. The number of aryl methyl sites for hydroxylation is 1. The molecule has 5 nitrogen and oxygen atoms in total. The molecule has 1 aromatic rings. The number of aromatic nitrogens is 1. The van der Waals surface area contributed by atoms with Gasteiger partial charge in [0.05, 0.1) is 19.4 Å². The highest BCUT2D eigenvalue weighted by Gasteiger charge is 2.37. The highest BCUT2D eigenvalue weighted by atomic mass is 28.4. The number of rotatable bonds is 4. The van der Waals surface area contributed by atoms with Crippen molar-refractivity contribution < 1.29 is 18.4 Å². The summed E-state index contributed by atoms with van der Waals surface area (Å²) >= 11 is 0. The summed E-state index contributed by atoms with van der Waals surface area (Å²) in [4.78, 5) is 15.4. The fourth-order valence-electron chi connectivity index (χ4n) is 1.20.